The molecule has 0 saturated carbocycles. The summed E-state index contributed by atoms with van der Waals surface area (Å²) in [6.07, 6.45) is 6.11. The van der Waals surface area contributed by atoms with Crippen molar-refractivity contribution >= 4 is 12.0 Å². The van der Waals surface area contributed by atoms with Crippen LogP contribution in [0.2, 0.25) is 0 Å². The molecule has 0 N–H and O–H groups in total. The van der Waals surface area contributed by atoms with Crippen LogP contribution in [0, 0.1) is 0 Å². The second-order valence-corrected chi connectivity index (χ2v) is 3.48. The maximum atomic E-state index is 10.9. The van der Waals surface area contributed by atoms with E-state index < -0.39 is 0 Å². The van der Waals surface area contributed by atoms with E-state index >= 15 is 0 Å². The molecule has 0 aliphatic rings. The normalized spacial score (nSPS) is 11.8. The fourth-order valence-corrected chi connectivity index (χ4v) is 1.28. The smallest absolute Gasteiger partial charge is 0.309 e. The van der Waals surface area contributed by atoms with Crippen molar-refractivity contribution < 1.29 is 9.53 Å². The van der Waals surface area contributed by atoms with Crippen LogP contribution in [0.1, 0.15) is 18.9 Å². The number of carbonyl (C=O) groups is 1. The van der Waals surface area contributed by atoms with Crippen molar-refractivity contribution in [1.82, 2.24) is 0 Å². The van der Waals surface area contributed by atoms with Gasteiger partial charge in [0, 0.05) is 0 Å². The molecule has 0 aliphatic heterocycles. The molecule has 1 aromatic carbocycles. The molecule has 0 heterocycles. The summed E-state index contributed by atoms with van der Waals surface area (Å²) in [5, 5.41) is 0. The molecular weight excluding hydrogens is 200 g/mol. The zero-order chi connectivity index (χ0) is 11.8. The first-order chi connectivity index (χ1) is 7.72. The molecule has 0 saturated heterocycles. The van der Waals surface area contributed by atoms with Crippen LogP contribution in [0.25, 0.3) is 6.08 Å². The summed E-state index contributed by atoms with van der Waals surface area (Å²) in [6, 6.07) is 10.1. The van der Waals surface area contributed by atoms with Gasteiger partial charge in [-0.1, -0.05) is 54.1 Å². The van der Waals surface area contributed by atoms with Crippen LogP contribution in [0.5, 0.6) is 0 Å². The van der Waals surface area contributed by atoms with Crippen LogP contribution in [0.3, 0.4) is 0 Å². The van der Waals surface area contributed by atoms with E-state index in [0.717, 1.165) is 11.1 Å². The van der Waals surface area contributed by atoms with Crippen molar-refractivity contribution in [1.29, 1.82) is 0 Å². The minimum absolute atomic E-state index is 0.219. The van der Waals surface area contributed by atoms with E-state index in [0.29, 0.717) is 6.42 Å². The molecule has 0 bridgehead atoms. The molecule has 2 nitrogen and oxygen atoms in total. The number of rotatable bonds is 4. The van der Waals surface area contributed by atoms with Crippen LogP contribution >= 0.6 is 0 Å². The van der Waals surface area contributed by atoms with Gasteiger partial charge in [-0.15, -0.1) is 0 Å². The highest BCUT2D eigenvalue weighted by molar-refractivity contribution is 5.71. The Bertz CT molecular complexity index is 388. The third-order valence-corrected chi connectivity index (χ3v) is 2.09. The molecule has 0 spiro atoms. The highest BCUT2D eigenvalue weighted by Gasteiger charge is 1.93. The molecule has 1 rings (SSSR count). The molecule has 0 aromatic heterocycles. The third kappa shape index (κ3) is 4.60. The van der Waals surface area contributed by atoms with Crippen molar-refractivity contribution in [3.63, 3.8) is 0 Å². The molecule has 1 aromatic rings. The molecule has 0 amide bonds. The first kappa shape index (κ1) is 12.2. The molecule has 84 valence electrons. The summed E-state index contributed by atoms with van der Waals surface area (Å²) in [5.74, 6) is -0.219. The van der Waals surface area contributed by atoms with Gasteiger partial charge in [0.15, 0.2) is 0 Å². The molecule has 0 fully saturated rings. The molecule has 2 heteroatoms. The summed E-state index contributed by atoms with van der Waals surface area (Å²) in [6.45, 7) is 2.00. The molecular formula is C14H16O2. The van der Waals surface area contributed by atoms with Gasteiger partial charge in [0.1, 0.15) is 0 Å². The maximum absolute atomic E-state index is 10.9. The summed E-state index contributed by atoms with van der Waals surface area (Å²) < 4.78 is 4.54. The van der Waals surface area contributed by atoms with Gasteiger partial charge in [0.2, 0.25) is 0 Å². The van der Waals surface area contributed by atoms with Gasteiger partial charge >= 0.3 is 5.97 Å². The third-order valence-electron chi connectivity index (χ3n) is 2.09. The van der Waals surface area contributed by atoms with E-state index in [4.69, 9.17) is 0 Å². The lowest BCUT2D eigenvalue weighted by atomic mass is 10.1. The SMILES string of the molecule is COC(=O)C/C=C/C(C)=C/c1ccccc1. The fraction of sp³-hybridized carbons (Fsp3) is 0.214. The number of carbonyl (C=O) groups excluding carboxylic acids is 1. The van der Waals surface area contributed by atoms with Crippen molar-refractivity contribution in [2.45, 2.75) is 13.3 Å². The van der Waals surface area contributed by atoms with Crippen molar-refractivity contribution in [3.8, 4) is 0 Å². The molecule has 16 heavy (non-hydrogen) atoms. The summed E-state index contributed by atoms with van der Waals surface area (Å²) in [7, 11) is 1.39. The summed E-state index contributed by atoms with van der Waals surface area (Å²) >= 11 is 0. The number of hydrogen-bond donors (Lipinski definition) is 0. The number of allylic oxidation sites excluding steroid dienone is 2. The average Bonchev–Trinajstić information content (AvgIpc) is 2.30. The van der Waals surface area contributed by atoms with E-state index in [2.05, 4.69) is 10.8 Å². The number of methoxy groups -OCH3 is 1. The molecule has 0 radical (unpaired) electrons. The zero-order valence-electron chi connectivity index (χ0n) is 9.64. The molecule has 0 aliphatic carbocycles. The number of esters is 1. The van der Waals surface area contributed by atoms with Gasteiger partial charge < -0.3 is 4.74 Å². The summed E-state index contributed by atoms with van der Waals surface area (Å²) in [4.78, 5) is 10.9. The predicted molar refractivity (Wildman–Crippen MR) is 65.9 cm³/mol. The highest BCUT2D eigenvalue weighted by Crippen LogP contribution is 2.07. The molecule has 0 unspecified atom stereocenters. The Labute approximate surface area is 96.2 Å². The first-order valence-corrected chi connectivity index (χ1v) is 5.19. The van der Waals surface area contributed by atoms with Crippen molar-refractivity contribution in [2.24, 2.45) is 0 Å². The Morgan fingerprint density at radius 1 is 1.31 bits per heavy atom. The minimum Gasteiger partial charge on any atom is -0.469 e. The quantitative estimate of drug-likeness (QED) is 0.570. The van der Waals surface area contributed by atoms with Gasteiger partial charge in [-0.3, -0.25) is 4.79 Å². The average molecular weight is 216 g/mol. The van der Waals surface area contributed by atoms with E-state index in [9.17, 15) is 4.79 Å². The van der Waals surface area contributed by atoms with Crippen molar-refractivity contribution in [3.05, 3.63) is 53.6 Å². The maximum Gasteiger partial charge on any atom is 0.309 e. The monoisotopic (exact) mass is 216 g/mol. The van der Waals surface area contributed by atoms with E-state index in [1.54, 1.807) is 6.08 Å². The van der Waals surface area contributed by atoms with Gasteiger partial charge in [-0.2, -0.15) is 0 Å². The van der Waals surface area contributed by atoms with Crippen LogP contribution in [-0.2, 0) is 9.53 Å². The minimum atomic E-state index is -0.219. The second-order valence-electron chi connectivity index (χ2n) is 3.48. The van der Waals surface area contributed by atoms with E-state index in [1.807, 2.05) is 43.3 Å². The second kappa shape index (κ2) is 6.62. The first-order valence-electron chi connectivity index (χ1n) is 5.19. The predicted octanol–water partition coefficient (Wildman–Crippen LogP) is 3.21. The Morgan fingerprint density at radius 3 is 2.62 bits per heavy atom. The lowest BCUT2D eigenvalue weighted by Crippen LogP contribution is -1.96. The standard InChI is InChI=1S/C14H16O2/c1-12(7-6-10-14(15)16-2)11-13-8-4-3-5-9-13/h3-9,11H,10H2,1-2H3/b7-6+,12-11+. The highest BCUT2D eigenvalue weighted by atomic mass is 16.5. The zero-order valence-corrected chi connectivity index (χ0v) is 9.64. The number of hydrogen-bond acceptors (Lipinski definition) is 2. The van der Waals surface area contributed by atoms with E-state index in [1.165, 1.54) is 7.11 Å². The lowest BCUT2D eigenvalue weighted by Gasteiger charge is -1.95. The van der Waals surface area contributed by atoms with E-state index in [-0.39, 0.29) is 5.97 Å². The van der Waals surface area contributed by atoms with Crippen LogP contribution < -0.4 is 0 Å². The van der Waals surface area contributed by atoms with Gasteiger partial charge in [-0.25, -0.2) is 0 Å². The Balaban J connectivity index is 2.55. The fourth-order valence-electron chi connectivity index (χ4n) is 1.28. The molecule has 0 atom stereocenters. The van der Waals surface area contributed by atoms with Crippen LogP contribution in [0.4, 0.5) is 0 Å². The Morgan fingerprint density at radius 2 is 2.00 bits per heavy atom. The topological polar surface area (TPSA) is 26.3 Å². The van der Waals surface area contributed by atoms with Gasteiger partial charge in [0.05, 0.1) is 13.5 Å². The van der Waals surface area contributed by atoms with Crippen molar-refractivity contribution in [2.75, 3.05) is 7.11 Å². The van der Waals surface area contributed by atoms with Gasteiger partial charge in [0.25, 0.3) is 0 Å². The van der Waals surface area contributed by atoms with Crippen LogP contribution in [-0.4, -0.2) is 13.1 Å². The lowest BCUT2D eigenvalue weighted by molar-refractivity contribution is -0.139. The Kier molecular flexibility index (Phi) is 5.06. The summed E-state index contributed by atoms with van der Waals surface area (Å²) in [5.41, 5.74) is 2.26. The van der Waals surface area contributed by atoms with Crippen LogP contribution in [0.15, 0.2) is 48.1 Å². The van der Waals surface area contributed by atoms with Gasteiger partial charge in [-0.05, 0) is 12.5 Å². The number of benzene rings is 1. The Hall–Kier alpha value is -1.83. The largest absolute Gasteiger partial charge is 0.469 e. The number of ether oxygens (including phenoxy) is 1.